The highest BCUT2D eigenvalue weighted by atomic mass is 16.2. The molecule has 0 aliphatic heterocycles. The van der Waals surface area contributed by atoms with Gasteiger partial charge in [-0.05, 0) is 36.7 Å². The third kappa shape index (κ3) is 5.82. The molecule has 2 aromatic carbocycles. The van der Waals surface area contributed by atoms with Crippen LogP contribution in [0.5, 0.6) is 0 Å². The molecule has 6 nitrogen and oxygen atoms in total. The lowest BCUT2D eigenvalue weighted by Gasteiger charge is -2.30. The molecule has 0 radical (unpaired) electrons. The number of rotatable bonds is 8. The molecule has 0 unspecified atom stereocenters. The minimum absolute atomic E-state index is 0.330. The van der Waals surface area contributed by atoms with E-state index in [1.54, 1.807) is 0 Å². The van der Waals surface area contributed by atoms with Crippen molar-refractivity contribution >= 4 is 17.6 Å². The lowest BCUT2D eigenvalue weighted by atomic mass is 10.0. The average Bonchev–Trinajstić information content (AvgIpc) is 2.68. The van der Waals surface area contributed by atoms with E-state index >= 15 is 0 Å². The van der Waals surface area contributed by atoms with Crippen molar-refractivity contribution in [2.24, 2.45) is 0 Å². The Bertz CT molecular complexity index is 760. The minimum atomic E-state index is -0.553. The Hall–Kier alpha value is -2.86. The Balaban J connectivity index is 2.26. The summed E-state index contributed by atoms with van der Waals surface area (Å²) in [6.07, 6.45) is 0. The monoisotopic (exact) mass is 382 g/mol. The molecule has 0 spiro atoms. The molecule has 0 aliphatic carbocycles. The van der Waals surface area contributed by atoms with E-state index in [1.165, 1.54) is 0 Å². The molecule has 1 atom stereocenters. The van der Waals surface area contributed by atoms with E-state index in [-0.39, 0.29) is 5.91 Å². The van der Waals surface area contributed by atoms with E-state index in [4.69, 9.17) is 0 Å². The van der Waals surface area contributed by atoms with Gasteiger partial charge in [0.25, 0.3) is 0 Å². The zero-order valence-corrected chi connectivity index (χ0v) is 17.1. The van der Waals surface area contributed by atoms with Crippen LogP contribution < -0.4 is 15.5 Å². The van der Waals surface area contributed by atoms with Crippen LogP contribution in [0.3, 0.4) is 0 Å². The van der Waals surface area contributed by atoms with Crippen molar-refractivity contribution in [3.8, 4) is 0 Å². The van der Waals surface area contributed by atoms with Crippen LogP contribution in [-0.2, 0) is 11.3 Å². The van der Waals surface area contributed by atoms with Crippen LogP contribution in [0.2, 0.25) is 0 Å². The van der Waals surface area contributed by atoms with Gasteiger partial charge in [0.05, 0.1) is 0 Å². The summed E-state index contributed by atoms with van der Waals surface area (Å²) in [7, 11) is 4.01. The maximum atomic E-state index is 12.9. The molecule has 0 fully saturated rings. The first kappa shape index (κ1) is 21.4. The van der Waals surface area contributed by atoms with Gasteiger partial charge >= 0.3 is 6.03 Å². The molecule has 0 saturated heterocycles. The van der Waals surface area contributed by atoms with Crippen LogP contribution in [0.25, 0.3) is 0 Å². The minimum Gasteiger partial charge on any atom is -0.378 e. The molecule has 0 bridgehead atoms. The molecule has 6 heteroatoms. The SMILES string of the molecule is CCNC(=O)NC(=O)[C@@H](c1ccccc1)N(CC)Cc1ccc(N(C)C)cc1. The van der Waals surface area contributed by atoms with Gasteiger partial charge in [-0.2, -0.15) is 0 Å². The normalized spacial score (nSPS) is 11.8. The third-order valence-electron chi connectivity index (χ3n) is 4.55. The number of likely N-dealkylation sites (N-methyl/N-ethyl adjacent to an activating group) is 1. The van der Waals surface area contributed by atoms with Gasteiger partial charge in [-0.1, -0.05) is 49.4 Å². The van der Waals surface area contributed by atoms with Gasteiger partial charge < -0.3 is 10.2 Å². The number of anilines is 1. The Morgan fingerprint density at radius 1 is 0.964 bits per heavy atom. The first-order valence-corrected chi connectivity index (χ1v) is 9.60. The molecule has 0 saturated carbocycles. The number of carbonyl (C=O) groups is 2. The van der Waals surface area contributed by atoms with Crippen molar-refractivity contribution in [3.05, 3.63) is 65.7 Å². The van der Waals surface area contributed by atoms with Crippen LogP contribution in [0.15, 0.2) is 54.6 Å². The highest BCUT2D eigenvalue weighted by Gasteiger charge is 2.28. The van der Waals surface area contributed by atoms with Crippen molar-refractivity contribution in [1.29, 1.82) is 0 Å². The summed E-state index contributed by atoms with van der Waals surface area (Å²) in [5.41, 5.74) is 3.09. The number of urea groups is 1. The van der Waals surface area contributed by atoms with Gasteiger partial charge in [-0.25, -0.2) is 4.79 Å². The second-order valence-electron chi connectivity index (χ2n) is 6.79. The summed E-state index contributed by atoms with van der Waals surface area (Å²) in [6, 6.07) is 16.8. The van der Waals surface area contributed by atoms with Crippen LogP contribution >= 0.6 is 0 Å². The van der Waals surface area contributed by atoms with Crippen LogP contribution in [-0.4, -0.2) is 44.0 Å². The topological polar surface area (TPSA) is 64.7 Å². The van der Waals surface area contributed by atoms with E-state index in [0.717, 1.165) is 16.8 Å². The zero-order valence-electron chi connectivity index (χ0n) is 17.1. The Morgan fingerprint density at radius 3 is 2.14 bits per heavy atom. The number of hydrogen-bond donors (Lipinski definition) is 2. The summed E-state index contributed by atoms with van der Waals surface area (Å²) in [5, 5.41) is 5.08. The maximum absolute atomic E-state index is 12.9. The van der Waals surface area contributed by atoms with Gasteiger partial charge in [0.2, 0.25) is 5.91 Å². The number of benzene rings is 2. The summed E-state index contributed by atoms with van der Waals surface area (Å²) >= 11 is 0. The lowest BCUT2D eigenvalue weighted by molar-refractivity contribution is -0.125. The molecule has 0 heterocycles. The van der Waals surface area contributed by atoms with Crippen LogP contribution in [0.4, 0.5) is 10.5 Å². The fourth-order valence-corrected chi connectivity index (χ4v) is 3.07. The number of carbonyl (C=O) groups excluding carboxylic acids is 2. The van der Waals surface area contributed by atoms with E-state index in [9.17, 15) is 9.59 Å². The van der Waals surface area contributed by atoms with Gasteiger partial charge in [0.15, 0.2) is 0 Å². The summed E-state index contributed by atoms with van der Waals surface area (Å²) in [5.74, 6) is -0.330. The predicted molar refractivity (Wildman–Crippen MR) is 113 cm³/mol. The molecule has 2 rings (SSSR count). The highest BCUT2D eigenvalue weighted by molar-refractivity contribution is 5.97. The largest absolute Gasteiger partial charge is 0.378 e. The second kappa shape index (κ2) is 10.5. The van der Waals surface area contributed by atoms with E-state index in [2.05, 4.69) is 39.8 Å². The molecular formula is C22H30N4O2. The smallest absolute Gasteiger partial charge is 0.321 e. The van der Waals surface area contributed by atoms with Crippen molar-refractivity contribution in [1.82, 2.24) is 15.5 Å². The molecule has 3 amide bonds. The van der Waals surface area contributed by atoms with Gasteiger partial charge in [0, 0.05) is 32.9 Å². The first-order valence-electron chi connectivity index (χ1n) is 9.60. The lowest BCUT2D eigenvalue weighted by Crippen LogP contribution is -2.46. The number of amides is 3. The number of hydrogen-bond acceptors (Lipinski definition) is 4. The fourth-order valence-electron chi connectivity index (χ4n) is 3.07. The molecule has 2 N–H and O–H groups in total. The quantitative estimate of drug-likeness (QED) is 0.736. The number of imide groups is 1. The fraction of sp³-hybridized carbons (Fsp3) is 0.364. The summed E-state index contributed by atoms with van der Waals surface area (Å²) < 4.78 is 0. The third-order valence-corrected chi connectivity index (χ3v) is 4.55. The zero-order chi connectivity index (χ0) is 20.5. The maximum Gasteiger partial charge on any atom is 0.321 e. The Morgan fingerprint density at radius 2 is 1.61 bits per heavy atom. The van der Waals surface area contributed by atoms with Crippen molar-refractivity contribution < 1.29 is 9.59 Å². The van der Waals surface area contributed by atoms with Gasteiger partial charge in [-0.15, -0.1) is 0 Å². The first-order chi connectivity index (χ1) is 13.5. The van der Waals surface area contributed by atoms with Crippen molar-refractivity contribution in [3.63, 3.8) is 0 Å². The van der Waals surface area contributed by atoms with E-state index in [1.807, 2.05) is 63.2 Å². The molecule has 150 valence electrons. The predicted octanol–water partition coefficient (Wildman–Crippen LogP) is 3.16. The van der Waals surface area contributed by atoms with Gasteiger partial charge in [0.1, 0.15) is 6.04 Å². The van der Waals surface area contributed by atoms with Crippen molar-refractivity contribution in [2.45, 2.75) is 26.4 Å². The van der Waals surface area contributed by atoms with E-state index < -0.39 is 12.1 Å². The number of nitrogens with one attached hydrogen (secondary N) is 2. The molecular weight excluding hydrogens is 352 g/mol. The van der Waals surface area contributed by atoms with Crippen molar-refractivity contribution in [2.75, 3.05) is 32.1 Å². The molecule has 28 heavy (non-hydrogen) atoms. The summed E-state index contributed by atoms with van der Waals surface area (Å²) in [4.78, 5) is 28.9. The highest BCUT2D eigenvalue weighted by Crippen LogP contribution is 2.24. The Labute approximate surface area is 167 Å². The second-order valence-corrected chi connectivity index (χ2v) is 6.79. The average molecular weight is 383 g/mol. The van der Waals surface area contributed by atoms with E-state index in [0.29, 0.717) is 19.6 Å². The summed E-state index contributed by atoms with van der Waals surface area (Å²) in [6.45, 7) is 5.56. The van der Waals surface area contributed by atoms with Crippen LogP contribution in [0.1, 0.15) is 31.0 Å². The number of nitrogens with zero attached hydrogens (tertiary/aromatic N) is 2. The van der Waals surface area contributed by atoms with Crippen LogP contribution in [0, 0.1) is 0 Å². The standard InChI is InChI=1S/C22H30N4O2/c1-5-23-22(28)24-21(27)20(18-10-8-7-9-11-18)26(6-2)16-17-12-14-19(15-13-17)25(3)4/h7-15,20H,5-6,16H2,1-4H3,(H2,23,24,27,28)/t20-/m1/s1. The van der Waals surface area contributed by atoms with Gasteiger partial charge in [-0.3, -0.25) is 15.0 Å². The molecule has 2 aromatic rings. The molecule has 0 aromatic heterocycles. The Kier molecular flexibility index (Phi) is 8.02. The molecule has 0 aliphatic rings.